The van der Waals surface area contributed by atoms with Crippen molar-refractivity contribution in [2.24, 2.45) is 0 Å². The maximum Gasteiger partial charge on any atom is 0.101 e. The summed E-state index contributed by atoms with van der Waals surface area (Å²) < 4.78 is 0. The predicted molar refractivity (Wildman–Crippen MR) is 68.6 cm³/mol. The predicted octanol–water partition coefficient (Wildman–Crippen LogP) is 3.00. The fourth-order valence-corrected chi connectivity index (χ4v) is 1.82. The minimum atomic E-state index is 0.276. The largest absolute Gasteiger partial charge is 0.367 e. The molecule has 1 aromatic carbocycles. The first kappa shape index (κ1) is 13.1. The molecule has 0 aliphatic carbocycles. The summed E-state index contributed by atoms with van der Waals surface area (Å²) in [4.78, 5) is 2.10. The third-order valence-corrected chi connectivity index (χ3v) is 2.67. The average Bonchev–Trinajstić information content (AvgIpc) is 2.30. The number of aryl methyl sites for hydroxylation is 1. The average molecular weight is 227 g/mol. The van der Waals surface area contributed by atoms with Crippen molar-refractivity contribution in [2.75, 3.05) is 11.4 Å². The van der Waals surface area contributed by atoms with E-state index in [0.29, 0.717) is 18.5 Å². The van der Waals surface area contributed by atoms with Crippen LogP contribution in [0.3, 0.4) is 0 Å². The zero-order valence-corrected chi connectivity index (χ0v) is 10.6. The van der Waals surface area contributed by atoms with Crippen LogP contribution in [0.5, 0.6) is 0 Å². The summed E-state index contributed by atoms with van der Waals surface area (Å²) in [5, 5.41) is 17.8. The molecule has 0 atom stereocenters. The molecule has 3 heteroatoms. The summed E-state index contributed by atoms with van der Waals surface area (Å²) in [7, 11) is 0. The van der Waals surface area contributed by atoms with Crippen molar-refractivity contribution in [3.05, 3.63) is 29.3 Å². The van der Waals surface area contributed by atoms with Crippen LogP contribution in [0.15, 0.2) is 18.2 Å². The summed E-state index contributed by atoms with van der Waals surface area (Å²) in [6.07, 6.45) is 0.469. The van der Waals surface area contributed by atoms with Gasteiger partial charge in [-0.25, -0.2) is 0 Å². The van der Waals surface area contributed by atoms with Crippen LogP contribution in [0.25, 0.3) is 0 Å². The first-order valence-corrected chi connectivity index (χ1v) is 5.74. The molecule has 88 valence electrons. The van der Waals surface area contributed by atoms with Crippen molar-refractivity contribution in [1.82, 2.24) is 0 Å². The molecule has 0 aliphatic rings. The Morgan fingerprint density at radius 2 is 2.00 bits per heavy atom. The second-order valence-corrected chi connectivity index (χ2v) is 4.33. The lowest BCUT2D eigenvalue weighted by molar-refractivity contribution is 0.686. The molecule has 0 aliphatic heterocycles. The van der Waals surface area contributed by atoms with Crippen molar-refractivity contribution in [1.29, 1.82) is 10.5 Å². The third-order valence-electron chi connectivity index (χ3n) is 2.67. The van der Waals surface area contributed by atoms with E-state index in [-0.39, 0.29) is 6.04 Å². The Hall–Kier alpha value is -2.00. The Balaban J connectivity index is 3.11. The summed E-state index contributed by atoms with van der Waals surface area (Å²) >= 11 is 0. The zero-order chi connectivity index (χ0) is 12.8. The number of rotatable bonds is 4. The minimum Gasteiger partial charge on any atom is -0.367 e. The Morgan fingerprint density at radius 3 is 2.53 bits per heavy atom. The highest BCUT2D eigenvalue weighted by Crippen LogP contribution is 2.23. The topological polar surface area (TPSA) is 50.8 Å². The van der Waals surface area contributed by atoms with E-state index in [1.54, 1.807) is 0 Å². The lowest BCUT2D eigenvalue weighted by atomic mass is 10.1. The van der Waals surface area contributed by atoms with E-state index in [1.165, 1.54) is 0 Å². The molecule has 0 saturated carbocycles. The Kier molecular flexibility index (Phi) is 4.55. The molecular weight excluding hydrogens is 210 g/mol. The number of hydrogen-bond donors (Lipinski definition) is 0. The summed E-state index contributed by atoms with van der Waals surface area (Å²) in [5.41, 5.74) is 2.68. The fraction of sp³-hybridized carbons (Fsp3) is 0.429. The van der Waals surface area contributed by atoms with Crippen LogP contribution in [0.1, 0.15) is 31.4 Å². The maximum atomic E-state index is 9.16. The smallest absolute Gasteiger partial charge is 0.101 e. The first-order chi connectivity index (χ1) is 8.10. The molecule has 0 fully saturated rings. The monoisotopic (exact) mass is 227 g/mol. The van der Waals surface area contributed by atoms with Gasteiger partial charge in [0.25, 0.3) is 0 Å². The summed E-state index contributed by atoms with van der Waals surface area (Å²) in [6.45, 7) is 6.77. The second kappa shape index (κ2) is 5.92. The Labute approximate surface area is 103 Å². The van der Waals surface area contributed by atoms with Crippen LogP contribution in [0, 0.1) is 29.6 Å². The van der Waals surface area contributed by atoms with Crippen molar-refractivity contribution < 1.29 is 0 Å². The molecule has 0 radical (unpaired) electrons. The highest BCUT2D eigenvalue weighted by molar-refractivity contribution is 5.60. The van der Waals surface area contributed by atoms with E-state index in [2.05, 4.69) is 30.9 Å². The first-order valence-electron chi connectivity index (χ1n) is 5.74. The fourth-order valence-electron chi connectivity index (χ4n) is 1.82. The summed E-state index contributed by atoms with van der Waals surface area (Å²) in [6, 6.07) is 10.5. The molecule has 0 heterocycles. The van der Waals surface area contributed by atoms with E-state index in [1.807, 2.05) is 25.1 Å². The molecular formula is C14H17N3. The van der Waals surface area contributed by atoms with Gasteiger partial charge in [0.1, 0.15) is 6.07 Å². The van der Waals surface area contributed by atoms with E-state index < -0.39 is 0 Å². The molecule has 1 aromatic rings. The van der Waals surface area contributed by atoms with Crippen LogP contribution >= 0.6 is 0 Å². The molecule has 0 bridgehead atoms. The number of hydrogen-bond acceptors (Lipinski definition) is 3. The van der Waals surface area contributed by atoms with Crippen molar-refractivity contribution in [2.45, 2.75) is 33.2 Å². The van der Waals surface area contributed by atoms with Crippen LogP contribution in [0.4, 0.5) is 5.69 Å². The quantitative estimate of drug-likeness (QED) is 0.794. The van der Waals surface area contributed by atoms with Gasteiger partial charge < -0.3 is 4.90 Å². The highest BCUT2D eigenvalue weighted by atomic mass is 15.1. The van der Waals surface area contributed by atoms with Gasteiger partial charge in [-0.3, -0.25) is 0 Å². The lowest BCUT2D eigenvalue weighted by Gasteiger charge is -2.29. The zero-order valence-electron chi connectivity index (χ0n) is 10.6. The van der Waals surface area contributed by atoms with E-state index in [4.69, 9.17) is 10.5 Å². The van der Waals surface area contributed by atoms with E-state index in [0.717, 1.165) is 11.3 Å². The van der Waals surface area contributed by atoms with Crippen molar-refractivity contribution >= 4 is 5.69 Å². The van der Waals surface area contributed by atoms with Gasteiger partial charge in [0.15, 0.2) is 0 Å². The van der Waals surface area contributed by atoms with Crippen molar-refractivity contribution in [3.8, 4) is 12.1 Å². The van der Waals surface area contributed by atoms with Gasteiger partial charge in [-0.1, -0.05) is 6.07 Å². The SMILES string of the molecule is Cc1ccc(N(CCC#N)C(C)C)c(C#N)c1. The molecule has 0 N–H and O–H groups in total. The number of nitrogens with zero attached hydrogens (tertiary/aromatic N) is 3. The van der Waals surface area contributed by atoms with Crippen LogP contribution < -0.4 is 4.90 Å². The standard InChI is InChI=1S/C14H17N3/c1-11(2)17(8-4-7-15)14-6-5-12(3)9-13(14)10-16/h5-6,9,11H,4,8H2,1-3H3. The lowest BCUT2D eigenvalue weighted by Crippen LogP contribution is -2.32. The van der Waals surface area contributed by atoms with E-state index in [9.17, 15) is 0 Å². The van der Waals surface area contributed by atoms with Crippen molar-refractivity contribution in [3.63, 3.8) is 0 Å². The third kappa shape index (κ3) is 3.23. The van der Waals surface area contributed by atoms with E-state index >= 15 is 0 Å². The van der Waals surface area contributed by atoms with Crippen LogP contribution in [-0.4, -0.2) is 12.6 Å². The Bertz CT molecular complexity index is 463. The molecule has 0 aromatic heterocycles. The van der Waals surface area contributed by atoms with Crippen LogP contribution in [0.2, 0.25) is 0 Å². The van der Waals surface area contributed by atoms with Crippen LogP contribution in [-0.2, 0) is 0 Å². The minimum absolute atomic E-state index is 0.276. The number of anilines is 1. The van der Waals surface area contributed by atoms with Gasteiger partial charge in [-0.2, -0.15) is 10.5 Å². The molecule has 0 saturated heterocycles. The maximum absolute atomic E-state index is 9.16. The van der Waals surface area contributed by atoms with Gasteiger partial charge in [-0.05, 0) is 38.5 Å². The molecule has 1 rings (SSSR count). The molecule has 0 spiro atoms. The van der Waals surface area contributed by atoms with Gasteiger partial charge in [0, 0.05) is 12.6 Å². The van der Waals surface area contributed by atoms with Gasteiger partial charge in [0.2, 0.25) is 0 Å². The second-order valence-electron chi connectivity index (χ2n) is 4.33. The highest BCUT2D eigenvalue weighted by Gasteiger charge is 2.14. The molecule has 0 amide bonds. The molecule has 17 heavy (non-hydrogen) atoms. The number of nitriles is 2. The summed E-state index contributed by atoms with van der Waals surface area (Å²) in [5.74, 6) is 0. The van der Waals surface area contributed by atoms with Gasteiger partial charge in [0.05, 0.1) is 23.7 Å². The molecule has 3 nitrogen and oxygen atoms in total. The normalized spacial score (nSPS) is 9.76. The Morgan fingerprint density at radius 1 is 1.29 bits per heavy atom. The van der Waals surface area contributed by atoms with Gasteiger partial charge >= 0.3 is 0 Å². The van der Waals surface area contributed by atoms with Gasteiger partial charge in [-0.15, -0.1) is 0 Å². The molecule has 0 unspecified atom stereocenters. The number of benzene rings is 1.